The number of anilines is 1. The van der Waals surface area contributed by atoms with Gasteiger partial charge in [0.1, 0.15) is 0 Å². The number of sulfonamides is 1. The Morgan fingerprint density at radius 2 is 2.05 bits per heavy atom. The van der Waals surface area contributed by atoms with Gasteiger partial charge in [-0.3, -0.25) is 0 Å². The highest BCUT2D eigenvalue weighted by Crippen LogP contribution is 2.17. The molecule has 0 saturated carbocycles. The molecule has 0 aliphatic heterocycles. The third kappa shape index (κ3) is 3.20. The van der Waals surface area contributed by atoms with Crippen LogP contribution >= 0.6 is 11.3 Å². The fourth-order valence-corrected chi connectivity index (χ4v) is 3.17. The van der Waals surface area contributed by atoms with Crippen molar-refractivity contribution in [3.63, 3.8) is 0 Å². The number of hydrogen-bond donors (Lipinski definition) is 2. The molecule has 110 valence electrons. The third-order valence-electron chi connectivity index (χ3n) is 2.92. The number of nitrogens with one attached hydrogen (secondary N) is 1. The summed E-state index contributed by atoms with van der Waals surface area (Å²) in [5.74, 6) is 0. The number of fused-ring (bicyclic) bond motifs is 1. The van der Waals surface area contributed by atoms with Crippen LogP contribution in [0.25, 0.3) is 4.96 Å². The van der Waals surface area contributed by atoms with Gasteiger partial charge >= 0.3 is 0 Å². The van der Waals surface area contributed by atoms with Gasteiger partial charge in [0.15, 0.2) is 0 Å². The number of hydrogen-bond acceptors (Lipinski definition) is 6. The van der Waals surface area contributed by atoms with E-state index < -0.39 is 10.0 Å². The average Bonchev–Trinajstić information content (AvgIpc) is 2.99. The molecular weight excluding hydrogens is 310 g/mol. The number of aromatic nitrogens is 3. The highest BCUT2D eigenvalue weighted by molar-refractivity contribution is 7.89. The molecule has 7 nitrogen and oxygen atoms in total. The first-order valence-corrected chi connectivity index (χ1v) is 8.54. The zero-order valence-corrected chi connectivity index (χ0v) is 12.6. The molecule has 3 rings (SSSR count). The Balaban J connectivity index is 1.59. The van der Waals surface area contributed by atoms with Crippen molar-refractivity contribution in [1.82, 2.24) is 14.6 Å². The maximum atomic E-state index is 11.2. The molecule has 0 atom stereocenters. The first-order chi connectivity index (χ1) is 10.0. The van der Waals surface area contributed by atoms with Crippen LogP contribution in [0.5, 0.6) is 0 Å². The molecule has 0 fully saturated rings. The number of primary sulfonamides is 1. The summed E-state index contributed by atoms with van der Waals surface area (Å²) >= 11 is 1.48. The molecule has 0 amide bonds. The van der Waals surface area contributed by atoms with Crippen molar-refractivity contribution in [3.8, 4) is 0 Å². The quantitative estimate of drug-likeness (QED) is 0.732. The Morgan fingerprint density at radius 3 is 2.71 bits per heavy atom. The summed E-state index contributed by atoms with van der Waals surface area (Å²) in [5.41, 5.74) is 1.02. The van der Waals surface area contributed by atoms with Gasteiger partial charge in [-0.15, -0.1) is 5.10 Å². The highest BCUT2D eigenvalue weighted by atomic mass is 32.2. The summed E-state index contributed by atoms with van der Waals surface area (Å²) in [5, 5.41) is 13.4. The predicted octanol–water partition coefficient (Wildman–Crippen LogP) is 1.09. The molecule has 2 aromatic heterocycles. The minimum Gasteiger partial charge on any atom is -0.360 e. The minimum atomic E-state index is -3.63. The van der Waals surface area contributed by atoms with E-state index >= 15 is 0 Å². The summed E-state index contributed by atoms with van der Waals surface area (Å²) in [4.78, 5) is 5.12. The molecule has 2 heterocycles. The van der Waals surface area contributed by atoms with E-state index in [9.17, 15) is 8.42 Å². The van der Waals surface area contributed by atoms with Crippen LogP contribution in [0.1, 0.15) is 5.56 Å². The van der Waals surface area contributed by atoms with E-state index in [0.29, 0.717) is 6.54 Å². The molecule has 0 bridgehead atoms. The van der Waals surface area contributed by atoms with E-state index in [1.807, 2.05) is 0 Å². The Morgan fingerprint density at radius 1 is 1.29 bits per heavy atom. The molecule has 1 aromatic carbocycles. The molecule has 0 aliphatic carbocycles. The van der Waals surface area contributed by atoms with Gasteiger partial charge in [-0.25, -0.2) is 23.1 Å². The largest absolute Gasteiger partial charge is 0.360 e. The fourth-order valence-electron chi connectivity index (χ4n) is 1.87. The maximum Gasteiger partial charge on any atom is 0.238 e. The Bertz CT molecular complexity index is 823. The highest BCUT2D eigenvalue weighted by Gasteiger charge is 2.07. The Kier molecular flexibility index (Phi) is 3.62. The van der Waals surface area contributed by atoms with Crippen molar-refractivity contribution in [2.24, 2.45) is 5.14 Å². The average molecular weight is 323 g/mol. The summed E-state index contributed by atoms with van der Waals surface area (Å²) in [6, 6.07) is 6.55. The Labute approximate surface area is 125 Å². The van der Waals surface area contributed by atoms with Gasteiger partial charge in [0.05, 0.1) is 11.1 Å². The smallest absolute Gasteiger partial charge is 0.238 e. The van der Waals surface area contributed by atoms with E-state index in [-0.39, 0.29) is 4.90 Å². The van der Waals surface area contributed by atoms with Crippen LogP contribution in [-0.2, 0) is 16.4 Å². The van der Waals surface area contributed by atoms with E-state index in [0.717, 1.165) is 22.1 Å². The van der Waals surface area contributed by atoms with Gasteiger partial charge < -0.3 is 5.32 Å². The predicted molar refractivity (Wildman–Crippen MR) is 80.9 cm³/mol. The second kappa shape index (κ2) is 5.43. The monoisotopic (exact) mass is 323 g/mol. The topological polar surface area (TPSA) is 102 Å². The van der Waals surface area contributed by atoms with Crippen LogP contribution in [-0.4, -0.2) is 29.6 Å². The zero-order chi connectivity index (χ0) is 14.9. The molecule has 0 spiro atoms. The molecule has 0 unspecified atom stereocenters. The standard InChI is InChI=1S/C12H13N5O2S2/c13-21(18,19)10-3-1-9(2-4-10)5-6-14-11-16-17-8-7-15-12(17)20-11/h1-4,7-8H,5-6H2,(H,14,16)(H2,13,18,19). The lowest BCUT2D eigenvalue weighted by Crippen LogP contribution is -2.12. The SMILES string of the molecule is NS(=O)(=O)c1ccc(CCNc2nn3ccnc3s2)cc1. The van der Waals surface area contributed by atoms with Crippen molar-refractivity contribution >= 4 is 31.5 Å². The summed E-state index contributed by atoms with van der Waals surface area (Å²) in [6.45, 7) is 0.700. The second-order valence-electron chi connectivity index (χ2n) is 4.43. The second-order valence-corrected chi connectivity index (χ2v) is 6.94. The molecule has 0 radical (unpaired) electrons. The van der Waals surface area contributed by atoms with Crippen molar-refractivity contribution < 1.29 is 8.42 Å². The molecule has 0 saturated heterocycles. The van der Waals surface area contributed by atoms with Crippen LogP contribution in [0.4, 0.5) is 5.13 Å². The summed E-state index contributed by atoms with van der Waals surface area (Å²) < 4.78 is 24.0. The van der Waals surface area contributed by atoms with Crippen LogP contribution in [0.3, 0.4) is 0 Å². The van der Waals surface area contributed by atoms with E-state index in [1.165, 1.54) is 23.5 Å². The molecule has 9 heteroatoms. The third-order valence-corrected chi connectivity index (χ3v) is 4.74. The van der Waals surface area contributed by atoms with Gasteiger partial charge in [-0.05, 0) is 24.1 Å². The van der Waals surface area contributed by atoms with Crippen LogP contribution in [0.2, 0.25) is 0 Å². The number of rotatable bonds is 5. The number of benzene rings is 1. The van der Waals surface area contributed by atoms with Gasteiger partial charge in [-0.1, -0.05) is 23.5 Å². The van der Waals surface area contributed by atoms with Crippen molar-refractivity contribution in [1.29, 1.82) is 0 Å². The molecule has 21 heavy (non-hydrogen) atoms. The van der Waals surface area contributed by atoms with Crippen molar-refractivity contribution in [2.75, 3.05) is 11.9 Å². The van der Waals surface area contributed by atoms with Gasteiger partial charge in [-0.2, -0.15) is 0 Å². The summed E-state index contributed by atoms with van der Waals surface area (Å²) in [6.07, 6.45) is 4.26. The molecule has 0 aliphatic rings. The first kappa shape index (κ1) is 14.0. The van der Waals surface area contributed by atoms with Crippen molar-refractivity contribution in [2.45, 2.75) is 11.3 Å². The van der Waals surface area contributed by atoms with Crippen LogP contribution in [0.15, 0.2) is 41.6 Å². The van der Waals surface area contributed by atoms with E-state index in [4.69, 9.17) is 5.14 Å². The number of nitrogens with zero attached hydrogens (tertiary/aromatic N) is 3. The van der Waals surface area contributed by atoms with Gasteiger partial charge in [0.25, 0.3) is 0 Å². The fraction of sp³-hybridized carbons (Fsp3) is 0.167. The minimum absolute atomic E-state index is 0.125. The molecular formula is C12H13N5O2S2. The van der Waals surface area contributed by atoms with Gasteiger partial charge in [0, 0.05) is 12.7 Å². The number of nitrogens with two attached hydrogens (primary N) is 1. The first-order valence-electron chi connectivity index (χ1n) is 6.18. The Hall–Kier alpha value is -1.97. The normalized spacial score (nSPS) is 11.9. The lowest BCUT2D eigenvalue weighted by Gasteiger charge is -2.04. The molecule has 3 aromatic rings. The number of imidazole rings is 1. The lowest BCUT2D eigenvalue weighted by molar-refractivity contribution is 0.598. The summed E-state index contributed by atoms with van der Waals surface area (Å²) in [7, 11) is -3.63. The lowest BCUT2D eigenvalue weighted by atomic mass is 10.1. The maximum absolute atomic E-state index is 11.2. The molecule has 3 N–H and O–H groups in total. The van der Waals surface area contributed by atoms with E-state index in [2.05, 4.69) is 15.4 Å². The van der Waals surface area contributed by atoms with Crippen molar-refractivity contribution in [3.05, 3.63) is 42.2 Å². The van der Waals surface area contributed by atoms with Crippen LogP contribution < -0.4 is 10.5 Å². The zero-order valence-electron chi connectivity index (χ0n) is 10.9. The van der Waals surface area contributed by atoms with Gasteiger partial charge in [0.2, 0.25) is 20.1 Å². The van der Waals surface area contributed by atoms with Crippen LogP contribution in [0, 0.1) is 0 Å². The van der Waals surface area contributed by atoms with E-state index in [1.54, 1.807) is 29.0 Å².